The van der Waals surface area contributed by atoms with E-state index in [1.807, 2.05) is 0 Å². The molecule has 0 aliphatic carbocycles. The molecular weight excluding hydrogens is 366 g/mol. The first kappa shape index (κ1) is 17.1. The molecule has 3 aromatic rings. The van der Waals surface area contributed by atoms with Crippen LogP contribution >= 0.6 is 23.2 Å². The Morgan fingerprint density at radius 2 is 1.76 bits per heavy atom. The van der Waals surface area contributed by atoms with Gasteiger partial charge in [-0.05, 0) is 42.5 Å². The van der Waals surface area contributed by atoms with Gasteiger partial charge in [0.15, 0.2) is 0 Å². The molecule has 25 heavy (non-hydrogen) atoms. The molecule has 0 bridgehead atoms. The highest BCUT2D eigenvalue weighted by atomic mass is 35.5. The van der Waals surface area contributed by atoms with Crippen LogP contribution in [0, 0.1) is 5.82 Å². The van der Waals surface area contributed by atoms with E-state index in [0.29, 0.717) is 27.2 Å². The highest BCUT2D eigenvalue weighted by Gasteiger charge is 2.09. The number of hydrogen-bond acceptors (Lipinski definition) is 4. The number of amides is 1. The van der Waals surface area contributed by atoms with Crippen LogP contribution in [0.3, 0.4) is 0 Å². The molecule has 1 aromatic heterocycles. The summed E-state index contributed by atoms with van der Waals surface area (Å²) in [5, 5.41) is 6.58. The maximum atomic E-state index is 12.9. The molecular formula is C17H11Cl2FN4O. The lowest BCUT2D eigenvalue weighted by molar-refractivity contribution is 0.102. The van der Waals surface area contributed by atoms with Crippen LogP contribution in [0.2, 0.25) is 10.0 Å². The van der Waals surface area contributed by atoms with Gasteiger partial charge in [-0.3, -0.25) is 4.79 Å². The zero-order valence-electron chi connectivity index (χ0n) is 12.6. The second-order valence-electron chi connectivity index (χ2n) is 5.00. The Bertz CT molecular complexity index is 902. The van der Waals surface area contributed by atoms with Gasteiger partial charge in [0.05, 0.1) is 23.1 Å². The molecule has 0 aliphatic heterocycles. The van der Waals surface area contributed by atoms with E-state index in [0.717, 1.165) is 0 Å². The molecule has 0 saturated carbocycles. The minimum Gasteiger partial charge on any atom is -0.338 e. The van der Waals surface area contributed by atoms with Gasteiger partial charge >= 0.3 is 0 Å². The molecule has 1 amide bonds. The predicted molar refractivity (Wildman–Crippen MR) is 96.1 cm³/mol. The first-order valence-corrected chi connectivity index (χ1v) is 7.88. The van der Waals surface area contributed by atoms with Crippen LogP contribution in [-0.4, -0.2) is 15.9 Å². The highest BCUT2D eigenvalue weighted by Crippen LogP contribution is 2.27. The molecule has 0 unspecified atom stereocenters. The van der Waals surface area contributed by atoms with Crippen molar-refractivity contribution in [1.29, 1.82) is 0 Å². The standard InChI is InChI=1S/C17H11Cl2FN4O/c18-10-1-6-13(19)14(7-10)24-16-9-21-15(8-22-16)17(25)23-12-4-2-11(20)3-5-12/h1-9H,(H,22,24)(H,23,25). The van der Waals surface area contributed by atoms with Crippen molar-refractivity contribution >= 4 is 46.3 Å². The number of nitrogens with zero attached hydrogens (tertiary/aromatic N) is 2. The van der Waals surface area contributed by atoms with E-state index in [4.69, 9.17) is 23.2 Å². The normalized spacial score (nSPS) is 10.4. The average molecular weight is 377 g/mol. The summed E-state index contributed by atoms with van der Waals surface area (Å²) in [5.74, 6) is -0.429. The number of nitrogens with one attached hydrogen (secondary N) is 2. The summed E-state index contributed by atoms with van der Waals surface area (Å²) >= 11 is 12.0. The molecule has 0 aliphatic rings. The Hall–Kier alpha value is -2.70. The fraction of sp³-hybridized carbons (Fsp3) is 0. The molecule has 126 valence electrons. The maximum Gasteiger partial charge on any atom is 0.275 e. The van der Waals surface area contributed by atoms with E-state index in [1.54, 1.807) is 18.2 Å². The molecule has 3 rings (SSSR count). The zero-order valence-corrected chi connectivity index (χ0v) is 14.1. The van der Waals surface area contributed by atoms with Gasteiger partial charge in [-0.2, -0.15) is 0 Å². The molecule has 0 atom stereocenters. The Morgan fingerprint density at radius 3 is 2.44 bits per heavy atom. The second kappa shape index (κ2) is 7.46. The Balaban J connectivity index is 1.70. The first-order valence-electron chi connectivity index (χ1n) is 7.12. The van der Waals surface area contributed by atoms with Crippen LogP contribution in [-0.2, 0) is 0 Å². The second-order valence-corrected chi connectivity index (χ2v) is 5.84. The Labute approximate surface area is 152 Å². The fourth-order valence-corrected chi connectivity index (χ4v) is 2.31. The average Bonchev–Trinajstić information content (AvgIpc) is 2.61. The van der Waals surface area contributed by atoms with E-state index in [1.165, 1.54) is 36.7 Å². The summed E-state index contributed by atoms with van der Waals surface area (Å²) in [4.78, 5) is 20.3. The quantitative estimate of drug-likeness (QED) is 0.678. The number of benzene rings is 2. The van der Waals surface area contributed by atoms with E-state index in [2.05, 4.69) is 20.6 Å². The van der Waals surface area contributed by atoms with Crippen LogP contribution in [0.25, 0.3) is 0 Å². The smallest absolute Gasteiger partial charge is 0.275 e. The molecule has 0 radical (unpaired) electrons. The third kappa shape index (κ3) is 4.43. The molecule has 5 nitrogen and oxygen atoms in total. The number of carbonyl (C=O) groups is 1. The van der Waals surface area contributed by atoms with Gasteiger partial charge in [0.25, 0.3) is 5.91 Å². The number of rotatable bonds is 4. The van der Waals surface area contributed by atoms with E-state index >= 15 is 0 Å². The summed E-state index contributed by atoms with van der Waals surface area (Å²) < 4.78 is 12.9. The molecule has 8 heteroatoms. The maximum absolute atomic E-state index is 12.9. The number of anilines is 3. The van der Waals surface area contributed by atoms with Gasteiger partial charge in [0.1, 0.15) is 17.3 Å². The SMILES string of the molecule is O=C(Nc1ccc(F)cc1)c1cnc(Nc2cc(Cl)ccc2Cl)cn1. The van der Waals surface area contributed by atoms with Crippen LogP contribution in [0.15, 0.2) is 54.9 Å². The van der Waals surface area contributed by atoms with E-state index < -0.39 is 5.91 Å². The van der Waals surface area contributed by atoms with Gasteiger partial charge in [-0.25, -0.2) is 14.4 Å². The van der Waals surface area contributed by atoms with Crippen molar-refractivity contribution in [2.24, 2.45) is 0 Å². The van der Waals surface area contributed by atoms with Crippen molar-refractivity contribution in [1.82, 2.24) is 9.97 Å². The lowest BCUT2D eigenvalue weighted by Gasteiger charge is -2.08. The lowest BCUT2D eigenvalue weighted by Crippen LogP contribution is -2.14. The summed E-state index contributed by atoms with van der Waals surface area (Å²) in [6, 6.07) is 10.4. The molecule has 0 saturated heterocycles. The lowest BCUT2D eigenvalue weighted by atomic mass is 10.3. The number of halogens is 3. The minimum atomic E-state index is -0.452. The van der Waals surface area contributed by atoms with Gasteiger partial charge in [0, 0.05) is 10.7 Å². The minimum absolute atomic E-state index is 0.118. The van der Waals surface area contributed by atoms with Crippen molar-refractivity contribution in [3.05, 3.63) is 76.4 Å². The van der Waals surface area contributed by atoms with Gasteiger partial charge in [-0.1, -0.05) is 23.2 Å². The third-order valence-corrected chi connectivity index (χ3v) is 3.74. The molecule has 0 spiro atoms. The van der Waals surface area contributed by atoms with Crippen molar-refractivity contribution < 1.29 is 9.18 Å². The monoisotopic (exact) mass is 376 g/mol. The van der Waals surface area contributed by atoms with E-state index in [-0.39, 0.29) is 11.5 Å². The van der Waals surface area contributed by atoms with Crippen LogP contribution in [0.5, 0.6) is 0 Å². The Kier molecular flexibility index (Phi) is 5.11. The van der Waals surface area contributed by atoms with Crippen LogP contribution in [0.1, 0.15) is 10.5 Å². The topological polar surface area (TPSA) is 66.9 Å². The number of hydrogen-bond donors (Lipinski definition) is 2. The van der Waals surface area contributed by atoms with Crippen LogP contribution in [0.4, 0.5) is 21.6 Å². The van der Waals surface area contributed by atoms with Crippen molar-refractivity contribution in [2.45, 2.75) is 0 Å². The summed E-state index contributed by atoms with van der Waals surface area (Å²) in [6.07, 6.45) is 2.72. The Morgan fingerprint density at radius 1 is 1.00 bits per heavy atom. The predicted octanol–water partition coefficient (Wildman–Crippen LogP) is 4.92. The van der Waals surface area contributed by atoms with E-state index in [9.17, 15) is 9.18 Å². The van der Waals surface area contributed by atoms with Gasteiger partial charge < -0.3 is 10.6 Å². The van der Waals surface area contributed by atoms with Gasteiger partial charge in [0.2, 0.25) is 0 Å². The van der Waals surface area contributed by atoms with Crippen molar-refractivity contribution in [3.63, 3.8) is 0 Å². The summed E-state index contributed by atoms with van der Waals surface area (Å²) in [7, 11) is 0. The molecule has 1 heterocycles. The van der Waals surface area contributed by atoms with Gasteiger partial charge in [-0.15, -0.1) is 0 Å². The van der Waals surface area contributed by atoms with Crippen molar-refractivity contribution in [2.75, 3.05) is 10.6 Å². The summed E-state index contributed by atoms with van der Waals surface area (Å²) in [6.45, 7) is 0. The third-order valence-electron chi connectivity index (χ3n) is 3.18. The first-order chi connectivity index (χ1) is 12.0. The highest BCUT2D eigenvalue weighted by molar-refractivity contribution is 6.35. The number of aromatic nitrogens is 2. The molecule has 2 aromatic carbocycles. The zero-order chi connectivity index (χ0) is 17.8. The van der Waals surface area contributed by atoms with Crippen LogP contribution < -0.4 is 10.6 Å². The largest absolute Gasteiger partial charge is 0.338 e. The molecule has 2 N–H and O–H groups in total. The summed E-state index contributed by atoms with van der Waals surface area (Å²) in [5.41, 5.74) is 1.15. The molecule has 0 fully saturated rings. The number of carbonyl (C=O) groups excluding carboxylic acids is 1. The fourth-order valence-electron chi connectivity index (χ4n) is 1.97. The van der Waals surface area contributed by atoms with Crippen molar-refractivity contribution in [3.8, 4) is 0 Å².